The third kappa shape index (κ3) is 5.54. The minimum absolute atomic E-state index is 0.0660. The maximum absolute atomic E-state index is 13.0. The first-order valence-corrected chi connectivity index (χ1v) is 11.2. The molecule has 0 heterocycles. The summed E-state index contributed by atoms with van der Waals surface area (Å²) in [6.45, 7) is 0. The van der Waals surface area contributed by atoms with Gasteiger partial charge in [0.2, 0.25) is 0 Å². The number of hydrazone groups is 1. The molecule has 0 bridgehead atoms. The molecule has 0 amide bonds. The van der Waals surface area contributed by atoms with Gasteiger partial charge in [0.1, 0.15) is 4.90 Å². The van der Waals surface area contributed by atoms with E-state index in [-0.39, 0.29) is 27.0 Å². The molecule has 3 rings (SSSR count). The van der Waals surface area contributed by atoms with Crippen molar-refractivity contribution in [2.45, 2.75) is 4.90 Å². The van der Waals surface area contributed by atoms with Gasteiger partial charge in [-0.1, -0.05) is 35.9 Å². The van der Waals surface area contributed by atoms with Gasteiger partial charge in [-0.3, -0.25) is 20.3 Å². The van der Waals surface area contributed by atoms with Crippen molar-refractivity contribution in [2.75, 3.05) is 29.1 Å². The number of hydrogen-bond donors (Lipinski definition) is 2. The van der Waals surface area contributed by atoms with E-state index in [0.717, 1.165) is 17.3 Å². The Morgan fingerprint density at radius 3 is 2.34 bits per heavy atom. The summed E-state index contributed by atoms with van der Waals surface area (Å²) in [7, 11) is -0.357. The van der Waals surface area contributed by atoms with Crippen LogP contribution in [0.25, 0.3) is 0 Å². The topological polar surface area (TPSA) is 117 Å². The van der Waals surface area contributed by atoms with Gasteiger partial charge in [0.05, 0.1) is 27.5 Å². The minimum Gasteiger partial charge on any atom is -0.378 e. The molecule has 0 unspecified atom stereocenters. The van der Waals surface area contributed by atoms with Gasteiger partial charge in [-0.25, -0.2) is 8.42 Å². The van der Waals surface area contributed by atoms with E-state index in [1.807, 2.05) is 43.3 Å². The fourth-order valence-electron chi connectivity index (χ4n) is 2.72. The van der Waals surface area contributed by atoms with E-state index in [1.165, 1.54) is 30.5 Å². The van der Waals surface area contributed by atoms with Gasteiger partial charge < -0.3 is 4.90 Å². The Kier molecular flexibility index (Phi) is 6.96. The molecule has 0 aromatic heterocycles. The van der Waals surface area contributed by atoms with Crippen LogP contribution in [0.4, 0.5) is 22.7 Å². The van der Waals surface area contributed by atoms with Crippen molar-refractivity contribution in [3.05, 3.63) is 87.4 Å². The van der Waals surface area contributed by atoms with E-state index >= 15 is 0 Å². The second-order valence-electron chi connectivity index (χ2n) is 6.88. The zero-order valence-electron chi connectivity index (χ0n) is 17.2. The third-order valence-corrected chi connectivity index (χ3v) is 6.13. The predicted molar refractivity (Wildman–Crippen MR) is 127 cm³/mol. The fraction of sp³-hybridized carbons (Fsp3) is 0.0952. The lowest BCUT2D eigenvalue weighted by atomic mass is 10.2. The average Bonchev–Trinajstić information content (AvgIpc) is 2.75. The molecule has 32 heavy (non-hydrogen) atoms. The second kappa shape index (κ2) is 9.67. The van der Waals surface area contributed by atoms with Crippen LogP contribution < -0.4 is 15.0 Å². The van der Waals surface area contributed by atoms with Crippen molar-refractivity contribution in [3.63, 3.8) is 0 Å². The number of non-ortho nitro benzene ring substituents is 1. The third-order valence-electron chi connectivity index (χ3n) is 4.39. The molecule has 0 aliphatic carbocycles. The molecule has 0 aliphatic rings. The molecule has 2 N–H and O–H groups in total. The highest BCUT2D eigenvalue weighted by Crippen LogP contribution is 2.30. The lowest BCUT2D eigenvalue weighted by molar-refractivity contribution is -0.385. The van der Waals surface area contributed by atoms with Gasteiger partial charge in [0, 0.05) is 31.9 Å². The van der Waals surface area contributed by atoms with Gasteiger partial charge in [-0.15, -0.1) is 0 Å². The van der Waals surface area contributed by atoms with Crippen LogP contribution in [0.5, 0.6) is 0 Å². The van der Waals surface area contributed by atoms with E-state index in [2.05, 4.69) is 15.2 Å². The molecular formula is C21H20ClN5O4S. The van der Waals surface area contributed by atoms with Crippen molar-refractivity contribution in [2.24, 2.45) is 5.10 Å². The van der Waals surface area contributed by atoms with Crippen molar-refractivity contribution >= 4 is 50.6 Å². The monoisotopic (exact) mass is 473 g/mol. The number of para-hydroxylation sites is 1. The summed E-state index contributed by atoms with van der Waals surface area (Å²) in [4.78, 5) is 12.1. The minimum atomic E-state index is -4.21. The first kappa shape index (κ1) is 23.0. The van der Waals surface area contributed by atoms with Crippen molar-refractivity contribution in [1.82, 2.24) is 0 Å². The first-order valence-electron chi connectivity index (χ1n) is 9.29. The number of sulfonamides is 1. The molecule has 0 radical (unpaired) electrons. The number of hydrogen-bond acceptors (Lipinski definition) is 7. The predicted octanol–water partition coefficient (Wildman–Crippen LogP) is 4.56. The standard InChI is InChI=1S/C21H20ClN5O4S/c1-26(2)16-9-7-15(8-10-16)14-23-24-20-12-11-17(27(28)29)13-21(20)32(30,31)25-19-6-4-3-5-18(19)22/h3-14,24-25H,1-2H3. The van der Waals surface area contributed by atoms with E-state index in [4.69, 9.17) is 11.6 Å². The first-order chi connectivity index (χ1) is 15.2. The number of anilines is 3. The number of nitrogens with one attached hydrogen (secondary N) is 2. The highest BCUT2D eigenvalue weighted by atomic mass is 35.5. The van der Waals surface area contributed by atoms with Crippen LogP contribution in [-0.4, -0.2) is 33.7 Å². The molecule has 3 aromatic carbocycles. The zero-order valence-corrected chi connectivity index (χ0v) is 18.8. The summed E-state index contributed by atoms with van der Waals surface area (Å²) in [5.41, 5.74) is 4.29. The summed E-state index contributed by atoms with van der Waals surface area (Å²) in [6, 6.07) is 17.3. The van der Waals surface area contributed by atoms with Crippen molar-refractivity contribution < 1.29 is 13.3 Å². The number of rotatable bonds is 8. The Labute approximate surface area is 190 Å². The average molecular weight is 474 g/mol. The summed E-state index contributed by atoms with van der Waals surface area (Å²) < 4.78 is 28.3. The van der Waals surface area contributed by atoms with E-state index < -0.39 is 14.9 Å². The van der Waals surface area contributed by atoms with E-state index in [0.29, 0.717) is 0 Å². The van der Waals surface area contributed by atoms with Crippen LogP contribution in [0.3, 0.4) is 0 Å². The van der Waals surface area contributed by atoms with Gasteiger partial charge in [0.25, 0.3) is 15.7 Å². The van der Waals surface area contributed by atoms with Crippen LogP contribution in [0.2, 0.25) is 5.02 Å². The second-order valence-corrected chi connectivity index (χ2v) is 8.94. The quantitative estimate of drug-likeness (QED) is 0.281. The Balaban J connectivity index is 1.90. The van der Waals surface area contributed by atoms with Gasteiger partial charge in [-0.05, 0) is 35.9 Å². The molecule has 0 saturated carbocycles. The maximum Gasteiger partial charge on any atom is 0.270 e. The fourth-order valence-corrected chi connectivity index (χ4v) is 4.21. The largest absolute Gasteiger partial charge is 0.378 e. The van der Waals surface area contributed by atoms with Crippen LogP contribution in [0.15, 0.2) is 76.7 Å². The van der Waals surface area contributed by atoms with Gasteiger partial charge >= 0.3 is 0 Å². The number of benzene rings is 3. The van der Waals surface area contributed by atoms with Gasteiger partial charge in [0.15, 0.2) is 0 Å². The highest BCUT2D eigenvalue weighted by molar-refractivity contribution is 7.93. The SMILES string of the molecule is CN(C)c1ccc(C=NNc2ccc([N+](=O)[O-])cc2S(=O)(=O)Nc2ccccc2Cl)cc1. The van der Waals surface area contributed by atoms with Gasteiger partial charge in [-0.2, -0.15) is 5.10 Å². The number of nitro benzene ring substituents is 1. The summed E-state index contributed by atoms with van der Waals surface area (Å²) >= 11 is 6.04. The molecule has 3 aromatic rings. The Hall–Kier alpha value is -3.63. The van der Waals surface area contributed by atoms with E-state index in [1.54, 1.807) is 12.1 Å². The normalized spacial score (nSPS) is 11.3. The van der Waals surface area contributed by atoms with Crippen LogP contribution in [-0.2, 0) is 10.0 Å². The lowest BCUT2D eigenvalue weighted by Gasteiger charge is -2.13. The highest BCUT2D eigenvalue weighted by Gasteiger charge is 2.23. The molecule has 0 spiro atoms. The summed E-state index contributed by atoms with van der Waals surface area (Å²) in [5.74, 6) is 0. The van der Waals surface area contributed by atoms with Crippen molar-refractivity contribution in [1.29, 1.82) is 0 Å². The molecular weight excluding hydrogens is 454 g/mol. The smallest absolute Gasteiger partial charge is 0.270 e. The van der Waals surface area contributed by atoms with Crippen LogP contribution in [0.1, 0.15) is 5.56 Å². The zero-order chi connectivity index (χ0) is 23.3. The Morgan fingerprint density at radius 2 is 1.72 bits per heavy atom. The maximum atomic E-state index is 13.0. The van der Waals surface area contributed by atoms with Crippen LogP contribution in [0, 0.1) is 10.1 Å². The van der Waals surface area contributed by atoms with E-state index in [9.17, 15) is 18.5 Å². The molecule has 0 fully saturated rings. The van der Waals surface area contributed by atoms with Crippen LogP contribution >= 0.6 is 11.6 Å². The summed E-state index contributed by atoms with van der Waals surface area (Å²) in [5, 5.41) is 15.5. The molecule has 0 atom stereocenters. The number of halogens is 1. The molecule has 0 aliphatic heterocycles. The molecule has 0 saturated heterocycles. The number of nitro groups is 1. The molecule has 9 nitrogen and oxygen atoms in total. The van der Waals surface area contributed by atoms with Crippen molar-refractivity contribution in [3.8, 4) is 0 Å². The molecule has 11 heteroatoms. The lowest BCUT2D eigenvalue weighted by Crippen LogP contribution is -2.15. The Morgan fingerprint density at radius 1 is 1.03 bits per heavy atom. The number of nitrogens with zero attached hydrogens (tertiary/aromatic N) is 3. The molecule has 166 valence electrons. The Bertz CT molecular complexity index is 1260. The summed E-state index contributed by atoms with van der Waals surface area (Å²) in [6.07, 6.45) is 1.51.